The SMILES string of the molecule is Cl.NC1(c2noc(-c3cc(C(F)(F)F)cc(C(F)(F)F)c3)n2)CCCC1. The smallest absolute Gasteiger partial charge is 0.334 e. The van der Waals surface area contributed by atoms with Crippen LogP contribution in [0.3, 0.4) is 0 Å². The van der Waals surface area contributed by atoms with Gasteiger partial charge < -0.3 is 10.3 Å². The van der Waals surface area contributed by atoms with Crippen molar-refractivity contribution in [3.8, 4) is 11.5 Å². The van der Waals surface area contributed by atoms with Gasteiger partial charge in [-0.15, -0.1) is 12.4 Å². The zero-order valence-electron chi connectivity index (χ0n) is 13.1. The Morgan fingerprint density at radius 3 is 1.88 bits per heavy atom. The van der Waals surface area contributed by atoms with Crippen LogP contribution in [0.5, 0.6) is 0 Å². The van der Waals surface area contributed by atoms with Gasteiger partial charge in [0.1, 0.15) is 0 Å². The second-order valence-electron chi connectivity index (χ2n) is 6.08. The number of aromatic nitrogens is 2. The molecule has 1 saturated carbocycles. The predicted molar refractivity (Wildman–Crippen MR) is 81.3 cm³/mol. The van der Waals surface area contributed by atoms with Crippen LogP contribution in [0.2, 0.25) is 0 Å². The number of rotatable bonds is 2. The third-order valence-corrected chi connectivity index (χ3v) is 4.20. The highest BCUT2D eigenvalue weighted by Gasteiger charge is 2.39. The van der Waals surface area contributed by atoms with Gasteiger partial charge in [-0.05, 0) is 31.0 Å². The van der Waals surface area contributed by atoms with Gasteiger partial charge in [-0.3, -0.25) is 0 Å². The van der Waals surface area contributed by atoms with Crippen molar-refractivity contribution >= 4 is 12.4 Å². The van der Waals surface area contributed by atoms with Crippen LogP contribution >= 0.6 is 12.4 Å². The first-order valence-corrected chi connectivity index (χ1v) is 7.42. The van der Waals surface area contributed by atoms with Crippen molar-refractivity contribution in [2.45, 2.75) is 43.6 Å². The molecule has 0 saturated heterocycles. The molecule has 26 heavy (non-hydrogen) atoms. The van der Waals surface area contributed by atoms with E-state index in [0.717, 1.165) is 12.8 Å². The lowest BCUT2D eigenvalue weighted by atomic mass is 9.98. The number of hydrogen-bond acceptors (Lipinski definition) is 4. The molecule has 11 heteroatoms. The van der Waals surface area contributed by atoms with Gasteiger partial charge in [0, 0.05) is 5.56 Å². The maximum absolute atomic E-state index is 12.9. The van der Waals surface area contributed by atoms with Crippen LogP contribution in [0.15, 0.2) is 22.7 Å². The average Bonchev–Trinajstić information content (AvgIpc) is 3.15. The predicted octanol–water partition coefficient (Wildman–Crippen LogP) is 4.92. The van der Waals surface area contributed by atoms with Crippen molar-refractivity contribution in [1.82, 2.24) is 10.1 Å². The van der Waals surface area contributed by atoms with Crippen molar-refractivity contribution in [2.24, 2.45) is 5.73 Å². The van der Waals surface area contributed by atoms with E-state index in [9.17, 15) is 26.3 Å². The van der Waals surface area contributed by atoms with Crippen molar-refractivity contribution in [3.63, 3.8) is 0 Å². The molecule has 1 aliphatic rings. The van der Waals surface area contributed by atoms with Gasteiger partial charge in [-0.1, -0.05) is 18.0 Å². The van der Waals surface area contributed by atoms with Gasteiger partial charge in [-0.25, -0.2) is 0 Å². The first-order valence-electron chi connectivity index (χ1n) is 7.42. The summed E-state index contributed by atoms with van der Waals surface area (Å²) in [6, 6.07) is 1.14. The molecule has 0 unspecified atom stereocenters. The molecule has 0 spiro atoms. The Hall–Kier alpha value is -1.81. The summed E-state index contributed by atoms with van der Waals surface area (Å²) in [7, 11) is 0. The van der Waals surface area contributed by atoms with Crippen LogP contribution in [-0.2, 0) is 17.9 Å². The Morgan fingerprint density at radius 1 is 0.923 bits per heavy atom. The Morgan fingerprint density at radius 2 is 1.42 bits per heavy atom. The molecule has 0 radical (unpaired) electrons. The first-order chi connectivity index (χ1) is 11.5. The molecule has 0 amide bonds. The highest BCUT2D eigenvalue weighted by Crippen LogP contribution is 2.39. The van der Waals surface area contributed by atoms with Gasteiger partial charge in [0.2, 0.25) is 0 Å². The maximum Gasteiger partial charge on any atom is 0.416 e. The van der Waals surface area contributed by atoms with Gasteiger partial charge >= 0.3 is 12.4 Å². The molecule has 4 nitrogen and oxygen atoms in total. The van der Waals surface area contributed by atoms with E-state index in [1.807, 2.05) is 0 Å². The lowest BCUT2D eigenvalue weighted by Gasteiger charge is -2.17. The van der Waals surface area contributed by atoms with E-state index in [0.29, 0.717) is 25.0 Å². The van der Waals surface area contributed by atoms with Gasteiger partial charge in [0.15, 0.2) is 5.82 Å². The number of hydrogen-bond donors (Lipinski definition) is 1. The topological polar surface area (TPSA) is 64.9 Å². The minimum absolute atomic E-state index is 0. The third-order valence-electron chi connectivity index (χ3n) is 4.20. The van der Waals surface area contributed by atoms with Crippen molar-refractivity contribution in [3.05, 3.63) is 35.2 Å². The third kappa shape index (κ3) is 3.96. The van der Waals surface area contributed by atoms with Gasteiger partial charge in [0.25, 0.3) is 5.89 Å². The fourth-order valence-corrected chi connectivity index (χ4v) is 2.85. The van der Waals surface area contributed by atoms with E-state index < -0.39 is 40.5 Å². The van der Waals surface area contributed by atoms with Crippen LogP contribution in [0.1, 0.15) is 42.6 Å². The molecule has 1 aromatic heterocycles. The Balaban J connectivity index is 0.00000243. The van der Waals surface area contributed by atoms with Crippen LogP contribution < -0.4 is 5.73 Å². The normalized spacial score (nSPS) is 17.2. The molecule has 0 bridgehead atoms. The second-order valence-corrected chi connectivity index (χ2v) is 6.08. The maximum atomic E-state index is 12.9. The Bertz CT molecular complexity index is 748. The first kappa shape index (κ1) is 20.5. The molecule has 2 aromatic rings. The van der Waals surface area contributed by atoms with Crippen LogP contribution in [0.25, 0.3) is 11.5 Å². The minimum atomic E-state index is -4.95. The molecule has 0 atom stereocenters. The van der Waals surface area contributed by atoms with Crippen LogP contribution in [-0.4, -0.2) is 10.1 Å². The summed E-state index contributed by atoms with van der Waals surface area (Å²) in [6.45, 7) is 0. The van der Waals surface area contributed by atoms with E-state index in [1.54, 1.807) is 0 Å². The van der Waals surface area contributed by atoms with E-state index in [1.165, 1.54) is 0 Å². The number of alkyl halides is 6. The Kier molecular flexibility index (Phi) is 5.31. The number of nitrogens with two attached hydrogens (primary N) is 1. The lowest BCUT2D eigenvalue weighted by Crippen LogP contribution is -2.34. The molecule has 1 aliphatic carbocycles. The van der Waals surface area contributed by atoms with Gasteiger partial charge in [0.05, 0.1) is 16.7 Å². The van der Waals surface area contributed by atoms with E-state index in [4.69, 9.17) is 10.3 Å². The Labute approximate surface area is 150 Å². The molecule has 1 aromatic carbocycles. The fraction of sp³-hybridized carbons (Fsp3) is 0.467. The highest BCUT2D eigenvalue weighted by atomic mass is 35.5. The average molecular weight is 402 g/mol. The summed E-state index contributed by atoms with van der Waals surface area (Å²) < 4.78 is 82.3. The fourth-order valence-electron chi connectivity index (χ4n) is 2.85. The molecular formula is C15H14ClF6N3O. The lowest BCUT2D eigenvalue weighted by molar-refractivity contribution is -0.143. The molecule has 2 N–H and O–H groups in total. The monoisotopic (exact) mass is 401 g/mol. The zero-order chi connectivity index (χ0) is 18.5. The number of halogens is 7. The standard InChI is InChI=1S/C15H13F6N3O.ClH/c16-14(17,18)9-5-8(6-10(7-9)15(19,20)21)11-23-12(24-25-11)13(22)3-1-2-4-13;/h5-7H,1-4,22H2;1H. The number of nitrogens with zero attached hydrogens (tertiary/aromatic N) is 2. The van der Waals surface area contributed by atoms with Crippen molar-refractivity contribution < 1.29 is 30.9 Å². The summed E-state index contributed by atoms with van der Waals surface area (Å²) in [5, 5.41) is 3.66. The second kappa shape index (κ2) is 6.73. The summed E-state index contributed by atoms with van der Waals surface area (Å²) in [5.41, 5.74) is 1.92. The molecule has 1 heterocycles. The summed E-state index contributed by atoms with van der Waals surface area (Å²) in [6.07, 6.45) is -7.08. The largest absolute Gasteiger partial charge is 0.416 e. The van der Waals surface area contributed by atoms with E-state index >= 15 is 0 Å². The zero-order valence-corrected chi connectivity index (χ0v) is 13.9. The summed E-state index contributed by atoms with van der Waals surface area (Å²) in [4.78, 5) is 3.94. The van der Waals surface area contributed by atoms with E-state index in [-0.39, 0.29) is 24.3 Å². The van der Waals surface area contributed by atoms with Crippen LogP contribution in [0.4, 0.5) is 26.3 Å². The van der Waals surface area contributed by atoms with Crippen molar-refractivity contribution in [1.29, 1.82) is 0 Å². The molecule has 0 aliphatic heterocycles. The summed E-state index contributed by atoms with van der Waals surface area (Å²) in [5.74, 6) is -0.339. The molecule has 3 rings (SSSR count). The molecule has 1 fully saturated rings. The van der Waals surface area contributed by atoms with Gasteiger partial charge in [-0.2, -0.15) is 31.3 Å². The quantitative estimate of drug-likeness (QED) is 0.725. The molecular weight excluding hydrogens is 388 g/mol. The highest BCUT2D eigenvalue weighted by molar-refractivity contribution is 5.85. The summed E-state index contributed by atoms with van der Waals surface area (Å²) >= 11 is 0. The van der Waals surface area contributed by atoms with E-state index in [2.05, 4.69) is 10.1 Å². The molecule has 144 valence electrons. The van der Waals surface area contributed by atoms with Crippen molar-refractivity contribution in [2.75, 3.05) is 0 Å². The number of benzene rings is 1. The minimum Gasteiger partial charge on any atom is -0.334 e. The van der Waals surface area contributed by atoms with Crippen LogP contribution in [0, 0.1) is 0 Å².